The highest BCUT2D eigenvalue weighted by Crippen LogP contribution is 2.16. The van der Waals surface area contributed by atoms with Gasteiger partial charge in [0.1, 0.15) is 0 Å². The standard InChI is InChI=1S/C11H16N2O2/c1-7(2)6-13-10(8(3)4)5-9(12-13)11(14)15/h5,8H,1,6H2,2-4H3,(H,14,15). The van der Waals surface area contributed by atoms with E-state index in [1.165, 1.54) is 0 Å². The Morgan fingerprint density at radius 1 is 1.67 bits per heavy atom. The molecule has 0 fully saturated rings. The van der Waals surface area contributed by atoms with Gasteiger partial charge in [-0.2, -0.15) is 5.10 Å². The molecule has 1 aromatic rings. The van der Waals surface area contributed by atoms with Crippen LogP contribution in [0.5, 0.6) is 0 Å². The zero-order chi connectivity index (χ0) is 11.6. The van der Waals surface area contributed by atoms with Gasteiger partial charge >= 0.3 is 5.97 Å². The molecule has 15 heavy (non-hydrogen) atoms. The first kappa shape index (κ1) is 11.5. The molecule has 82 valence electrons. The molecule has 1 heterocycles. The Hall–Kier alpha value is -1.58. The van der Waals surface area contributed by atoms with Gasteiger partial charge in [0.2, 0.25) is 0 Å². The predicted molar refractivity (Wildman–Crippen MR) is 58.1 cm³/mol. The van der Waals surface area contributed by atoms with Gasteiger partial charge in [-0.15, -0.1) is 0 Å². The molecule has 0 aliphatic rings. The number of carboxylic acid groups (broad SMARTS) is 1. The summed E-state index contributed by atoms with van der Waals surface area (Å²) in [4.78, 5) is 10.8. The second kappa shape index (κ2) is 4.29. The van der Waals surface area contributed by atoms with Crippen molar-refractivity contribution in [2.24, 2.45) is 0 Å². The first-order valence-corrected chi connectivity index (χ1v) is 4.87. The highest BCUT2D eigenvalue weighted by molar-refractivity contribution is 5.85. The molecule has 4 heteroatoms. The Morgan fingerprint density at radius 3 is 2.67 bits per heavy atom. The molecule has 1 aromatic heterocycles. The van der Waals surface area contributed by atoms with Gasteiger partial charge in [0.05, 0.1) is 6.54 Å². The van der Waals surface area contributed by atoms with E-state index in [2.05, 4.69) is 11.7 Å². The summed E-state index contributed by atoms with van der Waals surface area (Å²) in [5.74, 6) is -0.734. The van der Waals surface area contributed by atoms with Crippen LogP contribution in [0.4, 0.5) is 0 Å². The minimum atomic E-state index is -0.989. The molecule has 0 radical (unpaired) electrons. The van der Waals surface area contributed by atoms with Gasteiger partial charge < -0.3 is 5.11 Å². The highest BCUT2D eigenvalue weighted by Gasteiger charge is 2.15. The van der Waals surface area contributed by atoms with Crippen LogP contribution in [0.3, 0.4) is 0 Å². The van der Waals surface area contributed by atoms with E-state index in [1.807, 2.05) is 20.8 Å². The highest BCUT2D eigenvalue weighted by atomic mass is 16.4. The van der Waals surface area contributed by atoms with Crippen molar-refractivity contribution in [1.82, 2.24) is 9.78 Å². The minimum Gasteiger partial charge on any atom is -0.476 e. The smallest absolute Gasteiger partial charge is 0.356 e. The summed E-state index contributed by atoms with van der Waals surface area (Å²) >= 11 is 0. The van der Waals surface area contributed by atoms with Gasteiger partial charge in [-0.25, -0.2) is 4.79 Å². The molecular weight excluding hydrogens is 192 g/mol. The van der Waals surface area contributed by atoms with Crippen molar-refractivity contribution < 1.29 is 9.90 Å². The molecule has 0 bridgehead atoms. The molecule has 0 spiro atoms. The van der Waals surface area contributed by atoms with Gasteiger partial charge in [-0.05, 0) is 18.9 Å². The van der Waals surface area contributed by atoms with Gasteiger partial charge in [0.25, 0.3) is 0 Å². The molecule has 0 amide bonds. The summed E-state index contributed by atoms with van der Waals surface area (Å²) in [6.07, 6.45) is 0. The van der Waals surface area contributed by atoms with Crippen LogP contribution in [0.1, 0.15) is 42.9 Å². The molecule has 0 saturated carbocycles. The van der Waals surface area contributed by atoms with Gasteiger partial charge in [-0.3, -0.25) is 4.68 Å². The van der Waals surface area contributed by atoms with Crippen LogP contribution in [-0.2, 0) is 6.54 Å². The zero-order valence-corrected chi connectivity index (χ0v) is 9.32. The third kappa shape index (κ3) is 2.68. The lowest BCUT2D eigenvalue weighted by atomic mass is 10.1. The van der Waals surface area contributed by atoms with Crippen LogP contribution in [0.15, 0.2) is 18.2 Å². The Balaban J connectivity index is 3.11. The van der Waals surface area contributed by atoms with E-state index in [0.717, 1.165) is 11.3 Å². The molecule has 0 aliphatic heterocycles. The Morgan fingerprint density at radius 2 is 2.27 bits per heavy atom. The molecular formula is C11H16N2O2. The molecule has 4 nitrogen and oxygen atoms in total. The van der Waals surface area contributed by atoms with Crippen LogP contribution >= 0.6 is 0 Å². The molecule has 0 aromatic carbocycles. The van der Waals surface area contributed by atoms with Crippen molar-refractivity contribution in [2.45, 2.75) is 33.2 Å². The Bertz CT molecular complexity index is 391. The van der Waals surface area contributed by atoms with Crippen LogP contribution in [0.2, 0.25) is 0 Å². The van der Waals surface area contributed by atoms with Gasteiger partial charge in [-0.1, -0.05) is 26.0 Å². The summed E-state index contributed by atoms with van der Waals surface area (Å²) in [6.45, 7) is 10.3. The first-order valence-electron chi connectivity index (χ1n) is 4.87. The van der Waals surface area contributed by atoms with Crippen LogP contribution in [0, 0.1) is 0 Å². The normalized spacial score (nSPS) is 10.7. The predicted octanol–water partition coefficient (Wildman–Crippen LogP) is 2.28. The fraction of sp³-hybridized carbons (Fsp3) is 0.455. The van der Waals surface area contributed by atoms with Gasteiger partial charge in [0, 0.05) is 5.69 Å². The van der Waals surface area contributed by atoms with E-state index in [4.69, 9.17) is 5.11 Å². The van der Waals surface area contributed by atoms with E-state index >= 15 is 0 Å². The number of hydrogen-bond acceptors (Lipinski definition) is 2. The molecule has 0 atom stereocenters. The van der Waals surface area contributed by atoms with E-state index < -0.39 is 5.97 Å². The first-order chi connectivity index (χ1) is 6.91. The lowest BCUT2D eigenvalue weighted by Crippen LogP contribution is -2.07. The van der Waals surface area contributed by atoms with Crippen LogP contribution in [0.25, 0.3) is 0 Å². The lowest BCUT2D eigenvalue weighted by molar-refractivity contribution is 0.0689. The van der Waals surface area contributed by atoms with E-state index in [1.54, 1.807) is 10.7 Å². The summed E-state index contributed by atoms with van der Waals surface area (Å²) < 4.78 is 1.70. The number of allylic oxidation sites excluding steroid dienone is 1. The van der Waals surface area contributed by atoms with Crippen molar-refractivity contribution in [3.8, 4) is 0 Å². The third-order valence-electron chi connectivity index (χ3n) is 2.04. The number of aromatic nitrogens is 2. The van der Waals surface area contributed by atoms with Crippen molar-refractivity contribution in [3.63, 3.8) is 0 Å². The molecule has 0 saturated heterocycles. The number of rotatable bonds is 4. The maximum Gasteiger partial charge on any atom is 0.356 e. The number of hydrogen-bond donors (Lipinski definition) is 1. The summed E-state index contributed by atoms with van der Waals surface area (Å²) in [6, 6.07) is 1.62. The second-order valence-corrected chi connectivity index (χ2v) is 4.03. The van der Waals surface area contributed by atoms with Crippen molar-refractivity contribution >= 4 is 5.97 Å². The summed E-state index contributed by atoms with van der Waals surface area (Å²) in [7, 11) is 0. The number of carbonyl (C=O) groups is 1. The minimum absolute atomic E-state index is 0.0972. The fourth-order valence-electron chi connectivity index (χ4n) is 1.38. The Labute approximate surface area is 89.2 Å². The SMILES string of the molecule is C=C(C)Cn1nc(C(=O)O)cc1C(C)C. The maximum absolute atomic E-state index is 10.8. The topological polar surface area (TPSA) is 55.1 Å². The number of aromatic carboxylic acids is 1. The third-order valence-corrected chi connectivity index (χ3v) is 2.04. The second-order valence-electron chi connectivity index (χ2n) is 4.03. The van der Waals surface area contributed by atoms with Crippen molar-refractivity contribution in [2.75, 3.05) is 0 Å². The number of carboxylic acids is 1. The fourth-order valence-corrected chi connectivity index (χ4v) is 1.38. The van der Waals surface area contributed by atoms with Gasteiger partial charge in [0.15, 0.2) is 5.69 Å². The summed E-state index contributed by atoms with van der Waals surface area (Å²) in [5.41, 5.74) is 1.98. The molecule has 1 rings (SSSR count). The lowest BCUT2D eigenvalue weighted by Gasteiger charge is -2.09. The van der Waals surface area contributed by atoms with E-state index in [9.17, 15) is 4.79 Å². The number of nitrogens with zero attached hydrogens (tertiary/aromatic N) is 2. The largest absolute Gasteiger partial charge is 0.476 e. The van der Waals surface area contributed by atoms with E-state index in [-0.39, 0.29) is 11.6 Å². The van der Waals surface area contributed by atoms with Crippen molar-refractivity contribution in [3.05, 3.63) is 29.6 Å². The van der Waals surface area contributed by atoms with Crippen LogP contribution < -0.4 is 0 Å². The summed E-state index contributed by atoms with van der Waals surface area (Å²) in [5, 5.41) is 12.9. The average Bonchev–Trinajstić information content (AvgIpc) is 2.46. The monoisotopic (exact) mass is 208 g/mol. The van der Waals surface area contributed by atoms with E-state index in [0.29, 0.717) is 6.54 Å². The Kier molecular flexibility index (Phi) is 3.29. The van der Waals surface area contributed by atoms with Crippen molar-refractivity contribution in [1.29, 1.82) is 0 Å². The average molecular weight is 208 g/mol. The quantitative estimate of drug-likeness (QED) is 0.772. The van der Waals surface area contributed by atoms with Crippen LogP contribution in [-0.4, -0.2) is 20.9 Å². The molecule has 0 unspecified atom stereocenters. The molecule has 0 aliphatic carbocycles. The maximum atomic E-state index is 10.8. The zero-order valence-electron chi connectivity index (χ0n) is 9.32. The molecule has 1 N–H and O–H groups in total.